The highest BCUT2D eigenvalue weighted by molar-refractivity contribution is 5.85. The standard InChI is InChI=1S/C17H23NO4/c1-12(2)14(13-6-4-3-5-7-13)15(19)18-10-8-17(22,9-11-18)16(20)21/h3-7,12,14,22H,8-11H2,1-2H3,(H,20,21). The van der Waals surface area contributed by atoms with Crippen molar-refractivity contribution >= 4 is 11.9 Å². The summed E-state index contributed by atoms with van der Waals surface area (Å²) in [5, 5.41) is 19.0. The van der Waals surface area contributed by atoms with E-state index in [-0.39, 0.29) is 43.7 Å². The third-order valence-corrected chi connectivity index (χ3v) is 4.39. The van der Waals surface area contributed by atoms with E-state index in [4.69, 9.17) is 5.11 Å². The summed E-state index contributed by atoms with van der Waals surface area (Å²) in [5.74, 6) is -1.29. The maximum atomic E-state index is 12.8. The Morgan fingerprint density at radius 3 is 2.14 bits per heavy atom. The van der Waals surface area contributed by atoms with Crippen LogP contribution >= 0.6 is 0 Å². The summed E-state index contributed by atoms with van der Waals surface area (Å²) in [7, 11) is 0. The molecule has 1 aromatic rings. The molecule has 1 aromatic carbocycles. The summed E-state index contributed by atoms with van der Waals surface area (Å²) in [6.07, 6.45) is 0.154. The van der Waals surface area contributed by atoms with Crippen LogP contribution in [0, 0.1) is 5.92 Å². The summed E-state index contributed by atoms with van der Waals surface area (Å²) >= 11 is 0. The molecule has 0 radical (unpaired) electrons. The number of likely N-dealkylation sites (tertiary alicyclic amines) is 1. The highest BCUT2D eigenvalue weighted by Gasteiger charge is 2.41. The van der Waals surface area contributed by atoms with Crippen LogP contribution in [0.2, 0.25) is 0 Å². The number of rotatable bonds is 4. The number of carbonyl (C=O) groups excluding carboxylic acids is 1. The van der Waals surface area contributed by atoms with Crippen LogP contribution in [0.5, 0.6) is 0 Å². The maximum absolute atomic E-state index is 12.8. The molecule has 1 unspecified atom stereocenters. The normalized spacial score (nSPS) is 19.0. The lowest BCUT2D eigenvalue weighted by Gasteiger charge is -2.37. The van der Waals surface area contributed by atoms with E-state index in [0.717, 1.165) is 5.56 Å². The lowest BCUT2D eigenvalue weighted by atomic mass is 9.85. The highest BCUT2D eigenvalue weighted by atomic mass is 16.4. The quantitative estimate of drug-likeness (QED) is 0.890. The van der Waals surface area contributed by atoms with Crippen LogP contribution in [0.3, 0.4) is 0 Å². The Morgan fingerprint density at radius 1 is 1.14 bits per heavy atom. The van der Waals surface area contributed by atoms with E-state index in [0.29, 0.717) is 0 Å². The van der Waals surface area contributed by atoms with Gasteiger partial charge in [0.25, 0.3) is 0 Å². The zero-order valence-corrected chi connectivity index (χ0v) is 13.0. The molecule has 2 N–H and O–H groups in total. The fraction of sp³-hybridized carbons (Fsp3) is 0.529. The molecule has 0 aliphatic carbocycles. The summed E-state index contributed by atoms with van der Waals surface area (Å²) in [5.41, 5.74) is -0.724. The molecule has 5 nitrogen and oxygen atoms in total. The van der Waals surface area contributed by atoms with E-state index in [1.807, 2.05) is 44.2 Å². The molecule has 1 heterocycles. The molecule has 1 saturated heterocycles. The van der Waals surface area contributed by atoms with E-state index in [2.05, 4.69) is 0 Å². The van der Waals surface area contributed by atoms with Crippen molar-refractivity contribution < 1.29 is 19.8 Å². The van der Waals surface area contributed by atoms with Crippen molar-refractivity contribution in [3.63, 3.8) is 0 Å². The minimum atomic E-state index is -1.70. The minimum Gasteiger partial charge on any atom is -0.479 e. The Labute approximate surface area is 130 Å². The maximum Gasteiger partial charge on any atom is 0.335 e. The number of amides is 1. The summed E-state index contributed by atoms with van der Waals surface area (Å²) in [6.45, 7) is 4.57. The monoisotopic (exact) mass is 305 g/mol. The molecule has 1 aliphatic rings. The highest BCUT2D eigenvalue weighted by Crippen LogP contribution is 2.30. The second kappa shape index (κ2) is 6.48. The number of carbonyl (C=O) groups is 2. The third kappa shape index (κ3) is 3.30. The van der Waals surface area contributed by atoms with Crippen LogP contribution in [0.15, 0.2) is 30.3 Å². The molecule has 0 bridgehead atoms. The number of carboxylic acids is 1. The minimum absolute atomic E-state index is 0.00800. The molecule has 0 spiro atoms. The van der Waals surface area contributed by atoms with Gasteiger partial charge in [0.2, 0.25) is 5.91 Å². The van der Waals surface area contributed by atoms with Gasteiger partial charge in [0.1, 0.15) is 0 Å². The van der Waals surface area contributed by atoms with Gasteiger partial charge in [-0.25, -0.2) is 4.79 Å². The summed E-state index contributed by atoms with van der Waals surface area (Å²) in [6, 6.07) is 9.63. The molecule has 0 aromatic heterocycles. The second-order valence-corrected chi connectivity index (χ2v) is 6.29. The largest absolute Gasteiger partial charge is 0.479 e. The first kappa shape index (κ1) is 16.5. The topological polar surface area (TPSA) is 77.8 Å². The predicted molar refractivity (Wildman–Crippen MR) is 82.4 cm³/mol. The molecule has 0 saturated carbocycles. The predicted octanol–water partition coefficient (Wildman–Crippen LogP) is 1.86. The van der Waals surface area contributed by atoms with Crippen LogP contribution in [-0.2, 0) is 9.59 Å². The second-order valence-electron chi connectivity index (χ2n) is 6.29. The van der Waals surface area contributed by atoms with Gasteiger partial charge in [-0.05, 0) is 11.5 Å². The van der Waals surface area contributed by atoms with Gasteiger partial charge in [-0.3, -0.25) is 4.79 Å². The van der Waals surface area contributed by atoms with Gasteiger partial charge < -0.3 is 15.1 Å². The van der Waals surface area contributed by atoms with E-state index in [9.17, 15) is 14.7 Å². The molecular formula is C17H23NO4. The van der Waals surface area contributed by atoms with Gasteiger partial charge in [-0.15, -0.1) is 0 Å². The average molecular weight is 305 g/mol. The Morgan fingerprint density at radius 2 is 1.68 bits per heavy atom. The van der Waals surface area contributed by atoms with Gasteiger partial charge in [0, 0.05) is 25.9 Å². The molecule has 2 rings (SSSR count). The lowest BCUT2D eigenvalue weighted by Crippen LogP contribution is -2.52. The van der Waals surface area contributed by atoms with E-state index < -0.39 is 11.6 Å². The Bertz CT molecular complexity index is 533. The van der Waals surface area contributed by atoms with Crippen LogP contribution < -0.4 is 0 Å². The molecule has 22 heavy (non-hydrogen) atoms. The fourth-order valence-electron chi connectivity index (χ4n) is 2.98. The number of piperidine rings is 1. The smallest absolute Gasteiger partial charge is 0.335 e. The Hall–Kier alpha value is -1.88. The zero-order valence-electron chi connectivity index (χ0n) is 13.0. The first-order valence-corrected chi connectivity index (χ1v) is 7.64. The van der Waals surface area contributed by atoms with E-state index in [1.165, 1.54) is 0 Å². The van der Waals surface area contributed by atoms with Crippen molar-refractivity contribution in [1.29, 1.82) is 0 Å². The molecule has 5 heteroatoms. The zero-order chi connectivity index (χ0) is 16.3. The van der Waals surface area contributed by atoms with Gasteiger partial charge >= 0.3 is 5.97 Å². The molecular weight excluding hydrogens is 282 g/mol. The van der Waals surface area contributed by atoms with Crippen LogP contribution in [0.1, 0.15) is 38.2 Å². The molecule has 1 amide bonds. The number of aliphatic carboxylic acids is 1. The fourth-order valence-corrected chi connectivity index (χ4v) is 2.98. The number of carboxylic acid groups (broad SMARTS) is 1. The van der Waals surface area contributed by atoms with Gasteiger partial charge in [0.05, 0.1) is 5.92 Å². The van der Waals surface area contributed by atoms with Crippen molar-refractivity contribution in [3.05, 3.63) is 35.9 Å². The number of benzene rings is 1. The first-order chi connectivity index (χ1) is 10.3. The Balaban J connectivity index is 2.12. The average Bonchev–Trinajstić information content (AvgIpc) is 2.48. The number of hydrogen-bond donors (Lipinski definition) is 2. The van der Waals surface area contributed by atoms with Gasteiger partial charge in [-0.1, -0.05) is 44.2 Å². The van der Waals surface area contributed by atoms with Crippen LogP contribution in [0.4, 0.5) is 0 Å². The van der Waals surface area contributed by atoms with Crippen LogP contribution in [-0.4, -0.2) is 45.7 Å². The van der Waals surface area contributed by atoms with Crippen molar-refractivity contribution in [3.8, 4) is 0 Å². The van der Waals surface area contributed by atoms with Crippen LogP contribution in [0.25, 0.3) is 0 Å². The first-order valence-electron chi connectivity index (χ1n) is 7.64. The van der Waals surface area contributed by atoms with Crippen molar-refractivity contribution in [2.75, 3.05) is 13.1 Å². The number of nitrogens with zero attached hydrogens (tertiary/aromatic N) is 1. The SMILES string of the molecule is CC(C)C(C(=O)N1CCC(O)(C(=O)O)CC1)c1ccccc1. The number of aliphatic hydroxyl groups is 1. The Kier molecular flexibility index (Phi) is 4.86. The van der Waals surface area contributed by atoms with Crippen molar-refractivity contribution in [2.24, 2.45) is 5.92 Å². The molecule has 1 aliphatic heterocycles. The summed E-state index contributed by atoms with van der Waals surface area (Å²) in [4.78, 5) is 25.6. The van der Waals surface area contributed by atoms with Crippen molar-refractivity contribution in [1.82, 2.24) is 4.90 Å². The lowest BCUT2D eigenvalue weighted by molar-refractivity contribution is -0.165. The van der Waals surface area contributed by atoms with Gasteiger partial charge in [-0.2, -0.15) is 0 Å². The van der Waals surface area contributed by atoms with E-state index in [1.54, 1.807) is 4.90 Å². The van der Waals surface area contributed by atoms with Gasteiger partial charge in [0.15, 0.2) is 5.60 Å². The number of hydrogen-bond acceptors (Lipinski definition) is 3. The van der Waals surface area contributed by atoms with E-state index >= 15 is 0 Å². The molecule has 120 valence electrons. The van der Waals surface area contributed by atoms with Crippen molar-refractivity contribution in [2.45, 2.75) is 38.2 Å². The summed E-state index contributed by atoms with van der Waals surface area (Å²) < 4.78 is 0. The molecule has 1 fully saturated rings. The third-order valence-electron chi connectivity index (χ3n) is 4.39. The molecule has 1 atom stereocenters.